The molecule has 0 radical (unpaired) electrons. The van der Waals surface area contributed by atoms with Crippen molar-refractivity contribution in [3.8, 4) is 11.1 Å². The SMILES string of the molecule is Cc1cc(N2CCC3(CC2)COC(C)C3N)n2c(=O)[nH]nc2c1-c1cccc(Cl)c1Cl. The number of pyridine rings is 1. The first kappa shape index (κ1) is 20.8. The number of anilines is 1. The molecule has 3 aromatic rings. The van der Waals surface area contributed by atoms with Gasteiger partial charge in [0.2, 0.25) is 0 Å². The van der Waals surface area contributed by atoms with Gasteiger partial charge in [0.05, 0.1) is 22.8 Å². The molecule has 7 nitrogen and oxygen atoms in total. The molecule has 31 heavy (non-hydrogen) atoms. The zero-order valence-electron chi connectivity index (χ0n) is 17.5. The van der Waals surface area contributed by atoms with Crippen molar-refractivity contribution < 1.29 is 4.74 Å². The minimum absolute atomic E-state index is 0.0136. The van der Waals surface area contributed by atoms with Crippen LogP contribution in [0.5, 0.6) is 0 Å². The summed E-state index contributed by atoms with van der Waals surface area (Å²) in [5, 5.41) is 7.84. The summed E-state index contributed by atoms with van der Waals surface area (Å²) in [5.74, 6) is 0.823. The number of aromatic nitrogens is 3. The van der Waals surface area contributed by atoms with Gasteiger partial charge in [0.25, 0.3) is 0 Å². The highest BCUT2D eigenvalue weighted by atomic mass is 35.5. The van der Waals surface area contributed by atoms with Crippen molar-refractivity contribution in [3.05, 3.63) is 50.4 Å². The molecule has 2 aliphatic rings. The minimum atomic E-state index is -0.279. The maximum Gasteiger partial charge on any atom is 0.349 e. The Labute approximate surface area is 190 Å². The van der Waals surface area contributed by atoms with E-state index < -0.39 is 0 Å². The average molecular weight is 462 g/mol. The number of benzene rings is 1. The summed E-state index contributed by atoms with van der Waals surface area (Å²) >= 11 is 12.7. The number of nitrogens with two attached hydrogens (primary N) is 1. The van der Waals surface area contributed by atoms with Crippen LogP contribution in [0.15, 0.2) is 29.1 Å². The fraction of sp³-hybridized carbons (Fsp3) is 0.455. The monoisotopic (exact) mass is 461 g/mol. The first-order valence-corrected chi connectivity index (χ1v) is 11.3. The van der Waals surface area contributed by atoms with Crippen molar-refractivity contribution in [2.24, 2.45) is 11.1 Å². The summed E-state index contributed by atoms with van der Waals surface area (Å²) in [6.07, 6.45) is 1.93. The summed E-state index contributed by atoms with van der Waals surface area (Å²) in [4.78, 5) is 15.0. The normalized spacial score (nSPS) is 23.2. The predicted octanol–water partition coefficient (Wildman–Crippen LogP) is 3.64. The number of aromatic amines is 1. The molecular weight excluding hydrogens is 437 g/mol. The summed E-state index contributed by atoms with van der Waals surface area (Å²) in [7, 11) is 0. The fourth-order valence-corrected chi connectivity index (χ4v) is 5.50. The zero-order chi connectivity index (χ0) is 21.9. The topological polar surface area (TPSA) is 88.7 Å². The molecule has 2 aliphatic heterocycles. The van der Waals surface area contributed by atoms with Gasteiger partial charge in [-0.1, -0.05) is 35.3 Å². The number of nitrogens with one attached hydrogen (secondary N) is 1. The lowest BCUT2D eigenvalue weighted by Gasteiger charge is -2.42. The van der Waals surface area contributed by atoms with Crippen LogP contribution in [-0.4, -0.2) is 46.4 Å². The Bertz CT molecular complexity index is 1210. The number of rotatable bonds is 2. The third-order valence-electron chi connectivity index (χ3n) is 7.02. The van der Waals surface area contributed by atoms with E-state index in [0.717, 1.165) is 48.4 Å². The van der Waals surface area contributed by atoms with E-state index in [9.17, 15) is 4.79 Å². The Hall–Kier alpha value is -2.06. The fourth-order valence-electron chi connectivity index (χ4n) is 5.10. The lowest BCUT2D eigenvalue weighted by Crippen LogP contribution is -2.51. The van der Waals surface area contributed by atoms with Crippen LogP contribution in [0.4, 0.5) is 5.82 Å². The standard InChI is InChI=1S/C22H25Cl2N5O2/c1-12-10-16(28-8-6-22(7-9-28)11-31-13(2)19(22)25)29-20(26-27-21(29)30)17(12)14-4-3-5-15(23)18(14)24/h3-5,10,13,19H,6-9,11,25H2,1-2H3,(H,27,30). The average Bonchev–Trinajstić information content (AvgIpc) is 3.27. The smallest absolute Gasteiger partial charge is 0.349 e. The molecule has 0 aliphatic carbocycles. The van der Waals surface area contributed by atoms with Crippen molar-refractivity contribution in [1.82, 2.24) is 14.6 Å². The molecule has 1 spiro atoms. The maximum atomic E-state index is 12.8. The maximum absolute atomic E-state index is 12.8. The molecule has 0 saturated carbocycles. The van der Waals surface area contributed by atoms with E-state index >= 15 is 0 Å². The predicted molar refractivity (Wildman–Crippen MR) is 123 cm³/mol. The summed E-state index contributed by atoms with van der Waals surface area (Å²) in [6.45, 7) is 6.35. The number of H-pyrrole nitrogens is 1. The molecule has 0 amide bonds. The number of nitrogens with zero attached hydrogens (tertiary/aromatic N) is 3. The molecule has 164 valence electrons. The Morgan fingerprint density at radius 1 is 1.29 bits per heavy atom. The number of ether oxygens (including phenoxy) is 1. The van der Waals surface area contributed by atoms with Crippen LogP contribution in [0.1, 0.15) is 25.3 Å². The van der Waals surface area contributed by atoms with E-state index in [4.69, 9.17) is 33.7 Å². The Balaban J connectivity index is 1.57. The molecule has 2 saturated heterocycles. The highest BCUT2D eigenvalue weighted by molar-refractivity contribution is 6.43. The van der Waals surface area contributed by atoms with Crippen molar-refractivity contribution in [1.29, 1.82) is 0 Å². The van der Waals surface area contributed by atoms with Gasteiger partial charge in [-0.25, -0.2) is 14.3 Å². The van der Waals surface area contributed by atoms with Crippen LogP contribution < -0.4 is 16.3 Å². The van der Waals surface area contributed by atoms with Crippen LogP contribution in [0.2, 0.25) is 10.0 Å². The second-order valence-electron chi connectivity index (χ2n) is 8.74. The highest BCUT2D eigenvalue weighted by Crippen LogP contribution is 2.43. The van der Waals surface area contributed by atoms with Crippen molar-refractivity contribution in [2.45, 2.75) is 38.8 Å². The summed E-state index contributed by atoms with van der Waals surface area (Å²) in [5.41, 5.74) is 9.26. The molecule has 3 N–H and O–H groups in total. The van der Waals surface area contributed by atoms with Gasteiger partial charge in [0, 0.05) is 35.7 Å². The molecule has 2 atom stereocenters. The Morgan fingerprint density at radius 3 is 2.71 bits per heavy atom. The molecule has 0 bridgehead atoms. The molecule has 2 aromatic heterocycles. The van der Waals surface area contributed by atoms with Crippen molar-refractivity contribution in [3.63, 3.8) is 0 Å². The number of aryl methyl sites for hydroxylation is 1. The van der Waals surface area contributed by atoms with E-state index in [1.54, 1.807) is 10.5 Å². The molecule has 4 heterocycles. The molecular formula is C22H25Cl2N5O2. The highest BCUT2D eigenvalue weighted by Gasteiger charge is 2.47. The van der Waals surface area contributed by atoms with Gasteiger partial charge in [-0.15, -0.1) is 0 Å². The largest absolute Gasteiger partial charge is 0.376 e. The van der Waals surface area contributed by atoms with Crippen LogP contribution in [-0.2, 0) is 4.74 Å². The van der Waals surface area contributed by atoms with Gasteiger partial charge in [-0.2, -0.15) is 5.10 Å². The third-order valence-corrected chi connectivity index (χ3v) is 7.83. The lowest BCUT2D eigenvalue weighted by molar-refractivity contribution is 0.0974. The van der Waals surface area contributed by atoms with Gasteiger partial charge in [-0.05, 0) is 44.4 Å². The molecule has 2 fully saturated rings. The molecule has 2 unspecified atom stereocenters. The van der Waals surface area contributed by atoms with Crippen LogP contribution in [0, 0.1) is 12.3 Å². The van der Waals surface area contributed by atoms with Crippen LogP contribution in [0.25, 0.3) is 16.8 Å². The van der Waals surface area contributed by atoms with Gasteiger partial charge in [-0.3, -0.25) is 0 Å². The lowest BCUT2D eigenvalue weighted by atomic mass is 9.73. The third kappa shape index (κ3) is 3.18. The molecule has 9 heteroatoms. The number of hydrogen-bond donors (Lipinski definition) is 2. The zero-order valence-corrected chi connectivity index (χ0v) is 19.0. The second kappa shape index (κ2) is 7.52. The van der Waals surface area contributed by atoms with Crippen LogP contribution >= 0.6 is 23.2 Å². The molecule has 1 aromatic carbocycles. The number of hydrogen-bond acceptors (Lipinski definition) is 5. The van der Waals surface area contributed by atoms with E-state index in [2.05, 4.69) is 15.1 Å². The first-order valence-electron chi connectivity index (χ1n) is 10.5. The minimum Gasteiger partial charge on any atom is -0.376 e. The van der Waals surface area contributed by atoms with Gasteiger partial charge in [0.15, 0.2) is 5.65 Å². The van der Waals surface area contributed by atoms with E-state index in [1.807, 2.05) is 32.0 Å². The van der Waals surface area contributed by atoms with Crippen molar-refractivity contribution >= 4 is 34.7 Å². The van der Waals surface area contributed by atoms with Gasteiger partial charge >= 0.3 is 5.69 Å². The van der Waals surface area contributed by atoms with Gasteiger partial charge < -0.3 is 15.4 Å². The number of fused-ring (bicyclic) bond motifs is 1. The molecule has 5 rings (SSSR count). The quantitative estimate of drug-likeness (QED) is 0.607. The summed E-state index contributed by atoms with van der Waals surface area (Å²) in [6, 6.07) is 7.55. The Kier molecular flexibility index (Phi) is 5.05. The number of piperidine rings is 1. The van der Waals surface area contributed by atoms with Gasteiger partial charge in [0.1, 0.15) is 5.82 Å². The van der Waals surface area contributed by atoms with Crippen LogP contribution in [0.3, 0.4) is 0 Å². The van der Waals surface area contributed by atoms with E-state index in [-0.39, 0.29) is 23.3 Å². The van der Waals surface area contributed by atoms with Crippen molar-refractivity contribution in [2.75, 3.05) is 24.6 Å². The van der Waals surface area contributed by atoms with E-state index in [0.29, 0.717) is 22.3 Å². The summed E-state index contributed by atoms with van der Waals surface area (Å²) < 4.78 is 7.47. The first-order chi connectivity index (χ1) is 14.8. The second-order valence-corrected chi connectivity index (χ2v) is 9.53. The number of halogens is 2. The van der Waals surface area contributed by atoms with E-state index in [1.165, 1.54) is 0 Å². The Morgan fingerprint density at radius 2 is 2.03 bits per heavy atom.